The lowest BCUT2D eigenvalue weighted by atomic mass is 9.80. The number of halogens is 1. The summed E-state index contributed by atoms with van der Waals surface area (Å²) in [5.74, 6) is 0. The SMILES string of the molecule is Cc1cc(C)cc(CC2(F)CCC(N)CC2)c1. The van der Waals surface area contributed by atoms with Crippen LogP contribution in [0.15, 0.2) is 18.2 Å². The van der Waals surface area contributed by atoms with Gasteiger partial charge in [0.2, 0.25) is 0 Å². The van der Waals surface area contributed by atoms with Crippen LogP contribution in [0.2, 0.25) is 0 Å². The summed E-state index contributed by atoms with van der Waals surface area (Å²) in [4.78, 5) is 0. The highest BCUT2D eigenvalue weighted by Crippen LogP contribution is 2.34. The Kier molecular flexibility index (Phi) is 3.53. The Bertz CT molecular complexity index is 372. The summed E-state index contributed by atoms with van der Waals surface area (Å²) in [6, 6.07) is 6.54. The van der Waals surface area contributed by atoms with Gasteiger partial charge in [-0.25, -0.2) is 4.39 Å². The van der Waals surface area contributed by atoms with Crippen LogP contribution in [-0.2, 0) is 6.42 Å². The van der Waals surface area contributed by atoms with Gasteiger partial charge in [-0.05, 0) is 45.1 Å². The second kappa shape index (κ2) is 4.77. The standard InChI is InChI=1S/C15H22FN/c1-11-7-12(2)9-13(8-11)10-15(16)5-3-14(17)4-6-15/h7-9,14H,3-6,10,17H2,1-2H3. The maximum absolute atomic E-state index is 14.6. The molecule has 1 aromatic carbocycles. The first-order valence-corrected chi connectivity index (χ1v) is 6.49. The monoisotopic (exact) mass is 235 g/mol. The molecule has 0 unspecified atom stereocenters. The Balaban J connectivity index is 2.09. The molecule has 1 fully saturated rings. The molecule has 0 spiro atoms. The van der Waals surface area contributed by atoms with Crippen LogP contribution in [0.25, 0.3) is 0 Å². The van der Waals surface area contributed by atoms with Gasteiger partial charge in [0, 0.05) is 12.5 Å². The molecule has 2 heteroatoms. The largest absolute Gasteiger partial charge is 0.328 e. The van der Waals surface area contributed by atoms with Gasteiger partial charge >= 0.3 is 0 Å². The van der Waals surface area contributed by atoms with Crippen LogP contribution < -0.4 is 5.73 Å². The molecule has 0 atom stereocenters. The van der Waals surface area contributed by atoms with E-state index in [0.717, 1.165) is 18.4 Å². The lowest BCUT2D eigenvalue weighted by molar-refractivity contribution is 0.0995. The molecule has 1 aliphatic carbocycles. The first-order valence-electron chi connectivity index (χ1n) is 6.49. The molecule has 94 valence electrons. The second-order valence-corrected chi connectivity index (χ2v) is 5.66. The molecule has 0 amide bonds. The van der Waals surface area contributed by atoms with Gasteiger partial charge in [-0.15, -0.1) is 0 Å². The predicted molar refractivity (Wildman–Crippen MR) is 69.9 cm³/mol. The van der Waals surface area contributed by atoms with Gasteiger partial charge in [0.15, 0.2) is 0 Å². The topological polar surface area (TPSA) is 26.0 Å². The molecule has 2 N–H and O–H groups in total. The first kappa shape index (κ1) is 12.6. The molecule has 0 aromatic heterocycles. The maximum Gasteiger partial charge on any atom is 0.115 e. The highest BCUT2D eigenvalue weighted by molar-refractivity contribution is 5.29. The minimum atomic E-state index is -1.03. The minimum absolute atomic E-state index is 0.207. The fourth-order valence-electron chi connectivity index (χ4n) is 2.87. The third kappa shape index (κ3) is 3.29. The van der Waals surface area contributed by atoms with Crippen LogP contribution in [0.3, 0.4) is 0 Å². The van der Waals surface area contributed by atoms with E-state index in [2.05, 4.69) is 32.0 Å². The number of rotatable bonds is 2. The van der Waals surface area contributed by atoms with Gasteiger partial charge < -0.3 is 5.73 Å². The third-order valence-corrected chi connectivity index (χ3v) is 3.73. The molecule has 0 saturated heterocycles. The summed E-state index contributed by atoms with van der Waals surface area (Å²) in [6.07, 6.45) is 3.41. The average molecular weight is 235 g/mol. The molecule has 2 rings (SSSR count). The van der Waals surface area contributed by atoms with Crippen molar-refractivity contribution in [3.63, 3.8) is 0 Å². The summed E-state index contributed by atoms with van der Waals surface area (Å²) in [6.45, 7) is 4.14. The molecule has 0 aliphatic heterocycles. The van der Waals surface area contributed by atoms with Crippen LogP contribution >= 0.6 is 0 Å². The zero-order valence-electron chi connectivity index (χ0n) is 10.8. The van der Waals surface area contributed by atoms with E-state index in [0.29, 0.717) is 19.3 Å². The molecular weight excluding hydrogens is 213 g/mol. The van der Waals surface area contributed by atoms with Crippen LogP contribution in [0.4, 0.5) is 4.39 Å². The highest BCUT2D eigenvalue weighted by Gasteiger charge is 2.34. The zero-order chi connectivity index (χ0) is 12.5. The molecule has 17 heavy (non-hydrogen) atoms. The minimum Gasteiger partial charge on any atom is -0.328 e. The Morgan fingerprint density at radius 1 is 1.18 bits per heavy atom. The van der Waals surface area contributed by atoms with Crippen molar-refractivity contribution >= 4 is 0 Å². The summed E-state index contributed by atoms with van der Waals surface area (Å²) in [5, 5.41) is 0. The molecule has 0 bridgehead atoms. The number of alkyl halides is 1. The van der Waals surface area contributed by atoms with Gasteiger partial charge in [-0.1, -0.05) is 29.3 Å². The maximum atomic E-state index is 14.6. The van der Waals surface area contributed by atoms with Gasteiger partial charge in [0.05, 0.1) is 0 Å². The number of nitrogens with two attached hydrogens (primary N) is 1. The van der Waals surface area contributed by atoms with Crippen molar-refractivity contribution in [2.24, 2.45) is 5.73 Å². The number of benzene rings is 1. The van der Waals surface area contributed by atoms with Crippen molar-refractivity contribution in [3.05, 3.63) is 34.9 Å². The number of hydrogen-bond donors (Lipinski definition) is 1. The highest BCUT2D eigenvalue weighted by atomic mass is 19.1. The smallest absolute Gasteiger partial charge is 0.115 e. The first-order chi connectivity index (χ1) is 7.97. The number of aryl methyl sites for hydroxylation is 2. The van der Waals surface area contributed by atoms with Crippen LogP contribution in [-0.4, -0.2) is 11.7 Å². The Morgan fingerprint density at radius 3 is 2.24 bits per heavy atom. The lowest BCUT2D eigenvalue weighted by Gasteiger charge is -2.32. The van der Waals surface area contributed by atoms with E-state index in [1.54, 1.807) is 0 Å². The van der Waals surface area contributed by atoms with Gasteiger partial charge in [0.25, 0.3) is 0 Å². The quantitative estimate of drug-likeness (QED) is 0.834. The van der Waals surface area contributed by atoms with Crippen molar-refractivity contribution < 1.29 is 4.39 Å². The van der Waals surface area contributed by atoms with Crippen LogP contribution in [0.5, 0.6) is 0 Å². The third-order valence-electron chi connectivity index (χ3n) is 3.73. The zero-order valence-corrected chi connectivity index (χ0v) is 10.8. The van der Waals surface area contributed by atoms with Crippen LogP contribution in [0.1, 0.15) is 42.4 Å². The Morgan fingerprint density at radius 2 is 1.71 bits per heavy atom. The van der Waals surface area contributed by atoms with Crippen molar-refractivity contribution in [1.82, 2.24) is 0 Å². The van der Waals surface area contributed by atoms with E-state index >= 15 is 0 Å². The van der Waals surface area contributed by atoms with Gasteiger partial charge in [-0.3, -0.25) is 0 Å². The summed E-state index contributed by atoms with van der Waals surface area (Å²) in [5.41, 5.74) is 8.36. The molecular formula is C15H22FN. The van der Waals surface area contributed by atoms with Crippen LogP contribution in [0, 0.1) is 13.8 Å². The van der Waals surface area contributed by atoms with Crippen molar-refractivity contribution in [2.75, 3.05) is 0 Å². The van der Waals surface area contributed by atoms with Crippen molar-refractivity contribution in [2.45, 2.75) is 57.7 Å². The van der Waals surface area contributed by atoms with E-state index in [1.165, 1.54) is 11.1 Å². The second-order valence-electron chi connectivity index (χ2n) is 5.66. The Labute approximate surface area is 103 Å². The van der Waals surface area contributed by atoms with E-state index in [1.807, 2.05) is 0 Å². The summed E-state index contributed by atoms with van der Waals surface area (Å²) in [7, 11) is 0. The molecule has 1 aliphatic rings. The van der Waals surface area contributed by atoms with Crippen molar-refractivity contribution in [3.8, 4) is 0 Å². The fourth-order valence-corrected chi connectivity index (χ4v) is 2.87. The van der Waals surface area contributed by atoms with E-state index in [-0.39, 0.29) is 6.04 Å². The number of hydrogen-bond acceptors (Lipinski definition) is 1. The molecule has 0 radical (unpaired) electrons. The normalized spacial score (nSPS) is 29.3. The van der Waals surface area contributed by atoms with E-state index in [9.17, 15) is 4.39 Å². The molecule has 0 heterocycles. The lowest BCUT2D eigenvalue weighted by Crippen LogP contribution is -2.37. The molecule has 1 nitrogen and oxygen atoms in total. The Hall–Kier alpha value is -0.890. The van der Waals surface area contributed by atoms with E-state index < -0.39 is 5.67 Å². The fraction of sp³-hybridized carbons (Fsp3) is 0.600. The summed E-state index contributed by atoms with van der Waals surface area (Å²) >= 11 is 0. The predicted octanol–water partition coefficient (Wildman–Crippen LogP) is 3.46. The van der Waals surface area contributed by atoms with E-state index in [4.69, 9.17) is 5.73 Å². The van der Waals surface area contributed by atoms with Gasteiger partial charge in [-0.2, -0.15) is 0 Å². The van der Waals surface area contributed by atoms with Crippen molar-refractivity contribution in [1.29, 1.82) is 0 Å². The average Bonchev–Trinajstić information content (AvgIpc) is 2.21. The van der Waals surface area contributed by atoms with Gasteiger partial charge in [0.1, 0.15) is 5.67 Å². The summed E-state index contributed by atoms with van der Waals surface area (Å²) < 4.78 is 14.6. The molecule has 1 saturated carbocycles. The molecule has 1 aromatic rings.